The van der Waals surface area contributed by atoms with Crippen LogP contribution < -0.4 is 0 Å². The molecule has 15 heavy (non-hydrogen) atoms. The van der Waals surface area contributed by atoms with Crippen LogP contribution >= 0.6 is 0 Å². The normalized spacial score (nSPS) is 28.1. The summed E-state index contributed by atoms with van der Waals surface area (Å²) in [6.45, 7) is 7.55. The van der Waals surface area contributed by atoms with Crippen molar-refractivity contribution in [2.45, 2.75) is 52.1 Å². The lowest BCUT2D eigenvalue weighted by Gasteiger charge is -2.40. The monoisotopic (exact) mass is 213 g/mol. The van der Waals surface area contributed by atoms with Crippen molar-refractivity contribution >= 4 is 5.97 Å². The molecule has 1 heterocycles. The Balaban J connectivity index is 2.67. The van der Waals surface area contributed by atoms with E-state index in [1.165, 1.54) is 13.5 Å². The van der Waals surface area contributed by atoms with Crippen molar-refractivity contribution in [1.82, 2.24) is 4.90 Å². The molecule has 1 rings (SSSR count). The highest BCUT2D eigenvalue weighted by Gasteiger charge is 2.34. The van der Waals surface area contributed by atoms with Gasteiger partial charge in [0.15, 0.2) is 0 Å². The first-order valence-corrected chi connectivity index (χ1v) is 5.93. The predicted molar refractivity (Wildman–Crippen MR) is 60.7 cm³/mol. The van der Waals surface area contributed by atoms with E-state index in [9.17, 15) is 4.79 Å². The second-order valence-corrected chi connectivity index (χ2v) is 4.68. The first kappa shape index (κ1) is 12.5. The molecule has 3 heteroatoms. The number of carbonyl (C=O) groups excluding carboxylic acids is 1. The molecule has 0 aliphatic carbocycles. The third kappa shape index (κ3) is 2.94. The van der Waals surface area contributed by atoms with Gasteiger partial charge in [0.05, 0.1) is 7.11 Å². The van der Waals surface area contributed by atoms with Crippen LogP contribution in [0.15, 0.2) is 0 Å². The minimum absolute atomic E-state index is 0.0159. The third-order valence-corrected chi connectivity index (χ3v) is 3.43. The Morgan fingerprint density at radius 1 is 1.47 bits per heavy atom. The fraction of sp³-hybridized carbons (Fsp3) is 0.917. The fourth-order valence-corrected chi connectivity index (χ4v) is 2.37. The van der Waals surface area contributed by atoms with Gasteiger partial charge in [-0.1, -0.05) is 13.3 Å². The number of hydrogen-bond acceptors (Lipinski definition) is 3. The Labute approximate surface area is 92.8 Å². The number of likely N-dealkylation sites (tertiary alicyclic amines) is 1. The average molecular weight is 213 g/mol. The minimum Gasteiger partial charge on any atom is -0.468 e. The third-order valence-electron chi connectivity index (χ3n) is 3.43. The first-order chi connectivity index (χ1) is 7.10. The Morgan fingerprint density at radius 3 is 2.60 bits per heavy atom. The molecule has 0 saturated carbocycles. The standard InChI is InChI=1S/C12H23NO2/c1-5-10-6-7-11(12(14)15-4)13(8-10)9(2)3/h9-11H,5-8H2,1-4H3. The number of methoxy groups -OCH3 is 1. The van der Waals surface area contributed by atoms with Gasteiger partial charge >= 0.3 is 5.97 Å². The lowest BCUT2D eigenvalue weighted by molar-refractivity contribution is -0.150. The fourth-order valence-electron chi connectivity index (χ4n) is 2.37. The van der Waals surface area contributed by atoms with Gasteiger partial charge in [0.1, 0.15) is 6.04 Å². The van der Waals surface area contributed by atoms with Crippen molar-refractivity contribution in [3.05, 3.63) is 0 Å². The summed E-state index contributed by atoms with van der Waals surface area (Å²) in [5.74, 6) is 0.673. The summed E-state index contributed by atoms with van der Waals surface area (Å²) < 4.78 is 4.86. The summed E-state index contributed by atoms with van der Waals surface area (Å²) in [5.41, 5.74) is 0. The van der Waals surface area contributed by atoms with Crippen LogP contribution in [-0.2, 0) is 9.53 Å². The summed E-state index contributed by atoms with van der Waals surface area (Å²) >= 11 is 0. The largest absolute Gasteiger partial charge is 0.468 e. The van der Waals surface area contributed by atoms with E-state index in [-0.39, 0.29) is 12.0 Å². The van der Waals surface area contributed by atoms with E-state index in [4.69, 9.17) is 4.74 Å². The molecule has 88 valence electrons. The molecule has 2 unspecified atom stereocenters. The number of piperidine rings is 1. The van der Waals surface area contributed by atoms with Gasteiger partial charge in [-0.15, -0.1) is 0 Å². The highest BCUT2D eigenvalue weighted by Crippen LogP contribution is 2.26. The maximum Gasteiger partial charge on any atom is 0.323 e. The van der Waals surface area contributed by atoms with E-state index in [2.05, 4.69) is 25.7 Å². The summed E-state index contributed by atoms with van der Waals surface area (Å²) in [6.07, 6.45) is 3.31. The number of nitrogens with zero attached hydrogens (tertiary/aromatic N) is 1. The van der Waals surface area contributed by atoms with E-state index >= 15 is 0 Å². The van der Waals surface area contributed by atoms with E-state index in [0.29, 0.717) is 6.04 Å². The van der Waals surface area contributed by atoms with Crippen LogP contribution in [0.25, 0.3) is 0 Å². The molecule has 1 aliphatic heterocycles. The van der Waals surface area contributed by atoms with Gasteiger partial charge in [0.2, 0.25) is 0 Å². The predicted octanol–water partition coefficient (Wildman–Crippen LogP) is 2.06. The molecule has 1 saturated heterocycles. The van der Waals surface area contributed by atoms with Crippen LogP contribution in [0, 0.1) is 5.92 Å². The summed E-state index contributed by atoms with van der Waals surface area (Å²) in [4.78, 5) is 13.9. The number of esters is 1. The smallest absolute Gasteiger partial charge is 0.323 e. The zero-order chi connectivity index (χ0) is 11.4. The summed E-state index contributed by atoms with van der Waals surface area (Å²) in [7, 11) is 1.48. The second kappa shape index (κ2) is 5.50. The molecule has 1 fully saturated rings. The van der Waals surface area contributed by atoms with Crippen LogP contribution in [0.1, 0.15) is 40.0 Å². The quantitative estimate of drug-likeness (QED) is 0.672. The number of hydrogen-bond donors (Lipinski definition) is 0. The molecule has 2 atom stereocenters. The van der Waals surface area contributed by atoms with Crippen molar-refractivity contribution in [2.75, 3.05) is 13.7 Å². The number of carbonyl (C=O) groups is 1. The van der Waals surface area contributed by atoms with Crippen LogP contribution in [0.4, 0.5) is 0 Å². The minimum atomic E-state index is -0.0711. The zero-order valence-corrected chi connectivity index (χ0v) is 10.3. The van der Waals surface area contributed by atoms with Gasteiger partial charge in [-0.25, -0.2) is 0 Å². The molecular formula is C12H23NO2. The Bertz CT molecular complexity index is 216. The molecule has 3 nitrogen and oxygen atoms in total. The first-order valence-electron chi connectivity index (χ1n) is 5.93. The van der Waals surface area contributed by atoms with Crippen LogP contribution in [0.2, 0.25) is 0 Å². The molecule has 0 amide bonds. The molecule has 0 radical (unpaired) electrons. The molecule has 0 aromatic carbocycles. The van der Waals surface area contributed by atoms with Crippen molar-refractivity contribution in [1.29, 1.82) is 0 Å². The van der Waals surface area contributed by atoms with Gasteiger partial charge in [-0.2, -0.15) is 0 Å². The highest BCUT2D eigenvalue weighted by atomic mass is 16.5. The van der Waals surface area contributed by atoms with Crippen molar-refractivity contribution < 1.29 is 9.53 Å². The molecule has 0 bridgehead atoms. The Hall–Kier alpha value is -0.570. The highest BCUT2D eigenvalue weighted by molar-refractivity contribution is 5.75. The number of ether oxygens (including phenoxy) is 1. The van der Waals surface area contributed by atoms with Gasteiger partial charge in [-0.05, 0) is 32.6 Å². The molecule has 0 spiro atoms. The zero-order valence-electron chi connectivity index (χ0n) is 10.3. The topological polar surface area (TPSA) is 29.5 Å². The Morgan fingerprint density at radius 2 is 2.13 bits per heavy atom. The maximum absolute atomic E-state index is 11.6. The van der Waals surface area contributed by atoms with Gasteiger partial charge in [0.25, 0.3) is 0 Å². The van der Waals surface area contributed by atoms with E-state index in [1.54, 1.807) is 0 Å². The summed E-state index contributed by atoms with van der Waals surface area (Å²) in [5, 5.41) is 0. The SMILES string of the molecule is CCC1CCC(C(=O)OC)N(C(C)C)C1. The Kier molecular flexibility index (Phi) is 4.58. The molecular weight excluding hydrogens is 190 g/mol. The molecule has 0 aromatic heterocycles. The van der Waals surface area contributed by atoms with Crippen molar-refractivity contribution in [3.8, 4) is 0 Å². The number of rotatable bonds is 3. The maximum atomic E-state index is 11.6. The van der Waals surface area contributed by atoms with Gasteiger partial charge in [0, 0.05) is 12.6 Å². The van der Waals surface area contributed by atoms with Crippen LogP contribution in [0.5, 0.6) is 0 Å². The summed E-state index contributed by atoms with van der Waals surface area (Å²) in [6, 6.07) is 0.404. The van der Waals surface area contributed by atoms with E-state index in [0.717, 1.165) is 25.3 Å². The second-order valence-electron chi connectivity index (χ2n) is 4.68. The average Bonchev–Trinajstić information content (AvgIpc) is 2.27. The van der Waals surface area contributed by atoms with Gasteiger partial charge in [-0.3, -0.25) is 9.69 Å². The van der Waals surface area contributed by atoms with Crippen LogP contribution in [0.3, 0.4) is 0 Å². The van der Waals surface area contributed by atoms with E-state index < -0.39 is 0 Å². The van der Waals surface area contributed by atoms with Crippen LogP contribution in [-0.4, -0.2) is 36.6 Å². The van der Waals surface area contributed by atoms with Gasteiger partial charge < -0.3 is 4.74 Å². The molecule has 1 aliphatic rings. The lowest BCUT2D eigenvalue weighted by atomic mass is 9.90. The van der Waals surface area contributed by atoms with E-state index in [1.807, 2.05) is 0 Å². The molecule has 0 aromatic rings. The molecule has 0 N–H and O–H groups in total. The van der Waals surface area contributed by atoms with Crippen molar-refractivity contribution in [2.24, 2.45) is 5.92 Å². The lowest BCUT2D eigenvalue weighted by Crippen LogP contribution is -2.51. The van der Waals surface area contributed by atoms with Crippen molar-refractivity contribution in [3.63, 3.8) is 0 Å².